The fourth-order valence-corrected chi connectivity index (χ4v) is 1.94. The number of nitrogens with zero attached hydrogens (tertiary/aromatic N) is 1. The van der Waals surface area contributed by atoms with E-state index in [9.17, 15) is 0 Å². The molecule has 3 heteroatoms. The van der Waals surface area contributed by atoms with Gasteiger partial charge in [0.1, 0.15) is 0 Å². The molecule has 0 amide bonds. The Kier molecular flexibility index (Phi) is 5.02. The van der Waals surface area contributed by atoms with Crippen molar-refractivity contribution in [2.75, 3.05) is 39.1 Å². The van der Waals surface area contributed by atoms with Gasteiger partial charge in [0.2, 0.25) is 0 Å². The summed E-state index contributed by atoms with van der Waals surface area (Å²) in [5.41, 5.74) is 8.06. The van der Waals surface area contributed by atoms with Gasteiger partial charge in [-0.3, -0.25) is 0 Å². The molecule has 1 aromatic carbocycles. The summed E-state index contributed by atoms with van der Waals surface area (Å²) in [5, 5.41) is 0. The highest BCUT2D eigenvalue weighted by atomic mass is 16.5. The van der Waals surface area contributed by atoms with Crippen LogP contribution < -0.4 is 5.73 Å². The van der Waals surface area contributed by atoms with E-state index in [4.69, 9.17) is 10.5 Å². The first kappa shape index (κ1) is 13.4. The SMILES string of the molecule is CN(CCOCC1CC1)CCc1ccccc1N. The molecule has 1 saturated carbocycles. The third-order valence-electron chi connectivity index (χ3n) is 3.49. The van der Waals surface area contributed by atoms with Gasteiger partial charge in [0.15, 0.2) is 0 Å². The van der Waals surface area contributed by atoms with Crippen molar-refractivity contribution in [2.45, 2.75) is 19.3 Å². The average Bonchev–Trinajstić information content (AvgIpc) is 3.18. The van der Waals surface area contributed by atoms with Crippen LogP contribution in [-0.2, 0) is 11.2 Å². The smallest absolute Gasteiger partial charge is 0.0593 e. The Morgan fingerprint density at radius 2 is 2.06 bits per heavy atom. The number of anilines is 1. The number of likely N-dealkylation sites (N-methyl/N-ethyl adjacent to an activating group) is 1. The monoisotopic (exact) mass is 248 g/mol. The fraction of sp³-hybridized carbons (Fsp3) is 0.600. The minimum absolute atomic E-state index is 0.845. The second-order valence-corrected chi connectivity index (χ2v) is 5.27. The standard InChI is InChI=1S/C15H24N2O/c1-17(10-11-18-12-13-6-7-13)9-8-14-4-2-3-5-15(14)16/h2-5,13H,6-12,16H2,1H3. The number of benzene rings is 1. The molecular weight excluding hydrogens is 224 g/mol. The molecule has 0 heterocycles. The van der Waals surface area contributed by atoms with Gasteiger partial charge in [-0.2, -0.15) is 0 Å². The maximum Gasteiger partial charge on any atom is 0.0593 e. The largest absolute Gasteiger partial charge is 0.399 e. The van der Waals surface area contributed by atoms with E-state index in [0.717, 1.165) is 44.3 Å². The molecular formula is C15H24N2O. The fourth-order valence-electron chi connectivity index (χ4n) is 1.94. The molecule has 2 rings (SSSR count). The average molecular weight is 248 g/mol. The summed E-state index contributed by atoms with van der Waals surface area (Å²) in [7, 11) is 2.14. The van der Waals surface area contributed by atoms with Crippen molar-refractivity contribution in [2.24, 2.45) is 5.92 Å². The Bertz CT molecular complexity index is 363. The molecule has 0 radical (unpaired) electrons. The maximum absolute atomic E-state index is 5.93. The van der Waals surface area contributed by atoms with Crippen LogP contribution in [0, 0.1) is 5.92 Å². The van der Waals surface area contributed by atoms with E-state index in [-0.39, 0.29) is 0 Å². The van der Waals surface area contributed by atoms with E-state index < -0.39 is 0 Å². The van der Waals surface area contributed by atoms with Crippen LogP contribution in [0.25, 0.3) is 0 Å². The zero-order valence-corrected chi connectivity index (χ0v) is 11.3. The highest BCUT2D eigenvalue weighted by Crippen LogP contribution is 2.28. The lowest BCUT2D eigenvalue weighted by Gasteiger charge is -2.17. The Labute approximate surface area is 110 Å². The minimum Gasteiger partial charge on any atom is -0.399 e. The highest BCUT2D eigenvalue weighted by Gasteiger charge is 2.20. The molecule has 1 aliphatic carbocycles. The number of hydrogen-bond acceptors (Lipinski definition) is 3. The lowest BCUT2D eigenvalue weighted by Crippen LogP contribution is -2.26. The predicted molar refractivity (Wildman–Crippen MR) is 75.6 cm³/mol. The van der Waals surface area contributed by atoms with Crippen LogP contribution in [0.3, 0.4) is 0 Å². The van der Waals surface area contributed by atoms with Gasteiger partial charge < -0.3 is 15.4 Å². The molecule has 100 valence electrons. The Morgan fingerprint density at radius 1 is 1.28 bits per heavy atom. The van der Waals surface area contributed by atoms with Gasteiger partial charge in [0, 0.05) is 25.4 Å². The molecule has 3 nitrogen and oxygen atoms in total. The first-order valence-electron chi connectivity index (χ1n) is 6.85. The molecule has 0 saturated heterocycles. The summed E-state index contributed by atoms with van der Waals surface area (Å²) >= 11 is 0. The van der Waals surface area contributed by atoms with E-state index in [2.05, 4.69) is 18.0 Å². The van der Waals surface area contributed by atoms with Crippen LogP contribution in [0.4, 0.5) is 5.69 Å². The predicted octanol–water partition coefficient (Wildman–Crippen LogP) is 2.17. The number of nitrogens with two attached hydrogens (primary N) is 1. The molecule has 2 N–H and O–H groups in total. The van der Waals surface area contributed by atoms with E-state index in [1.807, 2.05) is 18.2 Å². The molecule has 18 heavy (non-hydrogen) atoms. The molecule has 0 aliphatic heterocycles. The van der Waals surface area contributed by atoms with E-state index in [1.54, 1.807) is 0 Å². The number of para-hydroxylation sites is 1. The van der Waals surface area contributed by atoms with Crippen molar-refractivity contribution in [1.29, 1.82) is 0 Å². The first-order valence-corrected chi connectivity index (χ1v) is 6.85. The zero-order valence-electron chi connectivity index (χ0n) is 11.3. The lowest BCUT2D eigenvalue weighted by atomic mass is 10.1. The van der Waals surface area contributed by atoms with Crippen molar-refractivity contribution in [3.05, 3.63) is 29.8 Å². The number of rotatable bonds is 8. The topological polar surface area (TPSA) is 38.5 Å². The van der Waals surface area contributed by atoms with Gasteiger partial charge in [-0.05, 0) is 43.9 Å². The molecule has 1 aliphatic rings. The van der Waals surface area contributed by atoms with Crippen LogP contribution in [0.15, 0.2) is 24.3 Å². The highest BCUT2D eigenvalue weighted by molar-refractivity contribution is 5.46. The molecule has 0 atom stereocenters. The van der Waals surface area contributed by atoms with E-state index in [1.165, 1.54) is 18.4 Å². The summed E-state index contributed by atoms with van der Waals surface area (Å²) in [6.45, 7) is 3.83. The van der Waals surface area contributed by atoms with Crippen molar-refractivity contribution < 1.29 is 4.74 Å². The van der Waals surface area contributed by atoms with Crippen molar-refractivity contribution >= 4 is 5.69 Å². The molecule has 0 unspecified atom stereocenters. The van der Waals surface area contributed by atoms with Crippen molar-refractivity contribution in [3.63, 3.8) is 0 Å². The number of nitrogen functional groups attached to an aromatic ring is 1. The van der Waals surface area contributed by atoms with E-state index >= 15 is 0 Å². The molecule has 0 bridgehead atoms. The maximum atomic E-state index is 5.93. The number of hydrogen-bond donors (Lipinski definition) is 1. The van der Waals surface area contributed by atoms with E-state index in [0.29, 0.717) is 0 Å². The third-order valence-corrected chi connectivity index (χ3v) is 3.49. The Morgan fingerprint density at radius 3 is 2.78 bits per heavy atom. The van der Waals surface area contributed by atoms with Crippen LogP contribution in [0.1, 0.15) is 18.4 Å². The molecule has 0 aromatic heterocycles. The minimum atomic E-state index is 0.845. The van der Waals surface area contributed by atoms with Crippen molar-refractivity contribution in [3.8, 4) is 0 Å². The quantitative estimate of drug-likeness (QED) is 0.566. The van der Waals surface area contributed by atoms with Gasteiger partial charge in [-0.25, -0.2) is 0 Å². The van der Waals surface area contributed by atoms with Crippen LogP contribution in [-0.4, -0.2) is 38.3 Å². The summed E-state index contributed by atoms with van der Waals surface area (Å²) < 4.78 is 5.64. The first-order chi connectivity index (χ1) is 8.75. The van der Waals surface area contributed by atoms with Crippen LogP contribution in [0.5, 0.6) is 0 Å². The van der Waals surface area contributed by atoms with Crippen molar-refractivity contribution in [1.82, 2.24) is 4.90 Å². The number of ether oxygens (including phenoxy) is 1. The van der Waals surface area contributed by atoms with Gasteiger partial charge in [0.25, 0.3) is 0 Å². The Hall–Kier alpha value is -1.06. The van der Waals surface area contributed by atoms with Gasteiger partial charge in [0.05, 0.1) is 6.61 Å². The molecule has 1 fully saturated rings. The second-order valence-electron chi connectivity index (χ2n) is 5.27. The van der Waals surface area contributed by atoms with Gasteiger partial charge in [-0.1, -0.05) is 18.2 Å². The van der Waals surface area contributed by atoms with Gasteiger partial charge in [-0.15, -0.1) is 0 Å². The molecule has 0 spiro atoms. The third kappa shape index (κ3) is 4.67. The van der Waals surface area contributed by atoms with Gasteiger partial charge >= 0.3 is 0 Å². The summed E-state index contributed by atoms with van der Waals surface area (Å²) in [4.78, 5) is 2.30. The summed E-state index contributed by atoms with van der Waals surface area (Å²) in [6, 6.07) is 8.10. The van der Waals surface area contributed by atoms with Crippen LogP contribution >= 0.6 is 0 Å². The lowest BCUT2D eigenvalue weighted by molar-refractivity contribution is 0.104. The zero-order chi connectivity index (χ0) is 12.8. The van der Waals surface area contributed by atoms with Crippen LogP contribution in [0.2, 0.25) is 0 Å². The Balaban J connectivity index is 1.58. The normalized spacial score (nSPS) is 15.2. The molecule has 1 aromatic rings. The summed E-state index contributed by atoms with van der Waals surface area (Å²) in [5.74, 6) is 0.861. The second kappa shape index (κ2) is 6.76. The summed E-state index contributed by atoms with van der Waals surface area (Å²) in [6.07, 6.45) is 3.73.